The van der Waals surface area contributed by atoms with Gasteiger partial charge in [0.2, 0.25) is 5.91 Å². The molecule has 0 saturated heterocycles. The first kappa shape index (κ1) is 13.7. The number of thiazole rings is 1. The zero-order chi connectivity index (χ0) is 13.8. The molecule has 1 amide bonds. The Morgan fingerprint density at radius 1 is 1.37 bits per heavy atom. The zero-order valence-corrected chi connectivity index (χ0v) is 12.3. The fourth-order valence-electron chi connectivity index (χ4n) is 1.76. The monoisotopic (exact) mass is 274 g/mol. The van der Waals surface area contributed by atoms with E-state index < -0.39 is 0 Å². The number of carbonyl (C=O) groups excluding carboxylic acids is 1. The molecule has 1 aromatic heterocycles. The Morgan fingerprint density at radius 3 is 2.68 bits per heavy atom. The van der Waals surface area contributed by atoms with Crippen LogP contribution in [0.3, 0.4) is 0 Å². The molecule has 1 atom stereocenters. The molecule has 0 bridgehead atoms. The molecule has 0 fully saturated rings. The topological polar surface area (TPSA) is 33.2 Å². The van der Waals surface area contributed by atoms with Crippen molar-refractivity contribution in [2.45, 2.75) is 20.3 Å². The minimum atomic E-state index is 0.0362. The molecular formula is C15H18N2OS. The van der Waals surface area contributed by atoms with Crippen molar-refractivity contribution in [3.05, 3.63) is 36.5 Å². The van der Waals surface area contributed by atoms with E-state index in [0.29, 0.717) is 0 Å². The molecule has 0 radical (unpaired) electrons. The maximum absolute atomic E-state index is 12.1. The molecule has 100 valence electrons. The number of anilines is 1. The number of carbonyl (C=O) groups is 1. The summed E-state index contributed by atoms with van der Waals surface area (Å²) in [5.74, 6) is 0.158. The highest BCUT2D eigenvalue weighted by Crippen LogP contribution is 2.31. The highest BCUT2D eigenvalue weighted by Gasteiger charge is 2.19. The second-order valence-electron chi connectivity index (χ2n) is 4.58. The van der Waals surface area contributed by atoms with E-state index >= 15 is 0 Å². The summed E-state index contributed by atoms with van der Waals surface area (Å²) in [6.45, 7) is 3.97. The number of nitrogens with zero attached hydrogens (tertiary/aromatic N) is 2. The average Bonchev–Trinajstić information content (AvgIpc) is 2.95. The Balaban J connectivity index is 2.20. The smallest absolute Gasteiger partial charge is 0.231 e. The summed E-state index contributed by atoms with van der Waals surface area (Å²) in [4.78, 5) is 19.2. The second-order valence-corrected chi connectivity index (χ2v) is 5.59. The largest absolute Gasteiger partial charge is 0.291 e. The van der Waals surface area contributed by atoms with Crippen molar-refractivity contribution in [2.24, 2.45) is 5.92 Å². The Kier molecular flexibility index (Phi) is 4.32. The van der Waals surface area contributed by atoms with Gasteiger partial charge in [-0.05, 0) is 12.0 Å². The van der Waals surface area contributed by atoms with Gasteiger partial charge in [-0.15, -0.1) is 0 Å². The van der Waals surface area contributed by atoms with E-state index in [0.717, 1.165) is 22.0 Å². The van der Waals surface area contributed by atoms with Crippen LogP contribution >= 0.6 is 11.3 Å². The van der Waals surface area contributed by atoms with Gasteiger partial charge in [0.1, 0.15) is 0 Å². The summed E-state index contributed by atoms with van der Waals surface area (Å²) < 4.78 is 0. The van der Waals surface area contributed by atoms with E-state index in [1.807, 2.05) is 50.4 Å². The van der Waals surface area contributed by atoms with Gasteiger partial charge in [0.15, 0.2) is 5.13 Å². The number of amides is 1. The first-order chi connectivity index (χ1) is 9.13. The number of aromatic nitrogens is 1. The van der Waals surface area contributed by atoms with Crippen molar-refractivity contribution in [1.82, 2.24) is 4.98 Å². The molecule has 2 rings (SSSR count). The Morgan fingerprint density at radius 2 is 2.05 bits per heavy atom. The van der Waals surface area contributed by atoms with Gasteiger partial charge in [0.05, 0.1) is 4.88 Å². The standard InChI is InChI=1S/C15H18N2OS/c1-4-11(2)14(18)17(3)15-16-10-13(19-15)12-8-6-5-7-9-12/h5-11H,4H2,1-3H3. The summed E-state index contributed by atoms with van der Waals surface area (Å²) >= 11 is 1.54. The lowest BCUT2D eigenvalue weighted by Crippen LogP contribution is -2.31. The van der Waals surface area contributed by atoms with Gasteiger partial charge in [-0.25, -0.2) is 4.98 Å². The SMILES string of the molecule is CCC(C)C(=O)N(C)c1ncc(-c2ccccc2)s1. The normalized spacial score (nSPS) is 12.2. The third kappa shape index (κ3) is 3.01. The number of benzene rings is 1. The van der Waals surface area contributed by atoms with Crippen LogP contribution in [0.1, 0.15) is 20.3 Å². The molecule has 3 nitrogen and oxygen atoms in total. The molecule has 0 spiro atoms. The average molecular weight is 274 g/mol. The third-order valence-corrected chi connectivity index (χ3v) is 4.33. The van der Waals surface area contributed by atoms with Gasteiger partial charge >= 0.3 is 0 Å². The van der Waals surface area contributed by atoms with Gasteiger partial charge in [-0.1, -0.05) is 55.5 Å². The summed E-state index contributed by atoms with van der Waals surface area (Å²) in [6, 6.07) is 10.1. The molecule has 0 aliphatic rings. The van der Waals surface area contributed by atoms with Crippen LogP contribution < -0.4 is 4.90 Å². The predicted octanol–water partition coefficient (Wildman–Crippen LogP) is 3.82. The molecule has 1 heterocycles. The van der Waals surface area contributed by atoms with Gasteiger partial charge in [-0.2, -0.15) is 0 Å². The van der Waals surface area contributed by atoms with Crippen LogP contribution in [0.5, 0.6) is 0 Å². The molecule has 1 aromatic carbocycles. The van der Waals surface area contributed by atoms with Gasteiger partial charge in [-0.3, -0.25) is 9.69 Å². The maximum Gasteiger partial charge on any atom is 0.231 e. The van der Waals surface area contributed by atoms with Crippen LogP contribution in [-0.2, 0) is 4.79 Å². The second kappa shape index (κ2) is 5.97. The van der Waals surface area contributed by atoms with E-state index in [1.54, 1.807) is 23.3 Å². The summed E-state index contributed by atoms with van der Waals surface area (Å²) in [7, 11) is 1.79. The van der Waals surface area contributed by atoms with Crippen LogP contribution in [-0.4, -0.2) is 17.9 Å². The van der Waals surface area contributed by atoms with Crippen LogP contribution in [0, 0.1) is 5.92 Å². The molecular weight excluding hydrogens is 256 g/mol. The quantitative estimate of drug-likeness (QED) is 0.849. The van der Waals surface area contributed by atoms with Crippen LogP contribution in [0.25, 0.3) is 10.4 Å². The van der Waals surface area contributed by atoms with Crippen LogP contribution in [0.4, 0.5) is 5.13 Å². The number of rotatable bonds is 4. The Bertz CT molecular complexity index is 550. The molecule has 0 aliphatic heterocycles. The summed E-state index contributed by atoms with van der Waals surface area (Å²) in [6.07, 6.45) is 2.68. The van der Waals surface area contributed by atoms with Crippen molar-refractivity contribution in [3.8, 4) is 10.4 Å². The van der Waals surface area contributed by atoms with Gasteiger partial charge < -0.3 is 0 Å². The van der Waals surface area contributed by atoms with Crippen LogP contribution in [0.15, 0.2) is 36.5 Å². The Labute approximate surface area is 117 Å². The van der Waals surface area contributed by atoms with Crippen molar-refractivity contribution in [1.29, 1.82) is 0 Å². The lowest BCUT2D eigenvalue weighted by molar-refractivity contribution is -0.121. The van der Waals surface area contributed by atoms with E-state index in [-0.39, 0.29) is 11.8 Å². The lowest BCUT2D eigenvalue weighted by Gasteiger charge is -2.17. The molecule has 0 saturated carbocycles. The Hall–Kier alpha value is -1.68. The molecule has 0 N–H and O–H groups in total. The highest BCUT2D eigenvalue weighted by atomic mass is 32.1. The summed E-state index contributed by atoms with van der Waals surface area (Å²) in [5.41, 5.74) is 1.13. The number of hydrogen-bond acceptors (Lipinski definition) is 3. The van der Waals surface area contributed by atoms with Crippen LogP contribution in [0.2, 0.25) is 0 Å². The highest BCUT2D eigenvalue weighted by molar-refractivity contribution is 7.19. The van der Waals surface area contributed by atoms with Crippen molar-refractivity contribution in [3.63, 3.8) is 0 Å². The minimum absolute atomic E-state index is 0.0362. The van der Waals surface area contributed by atoms with E-state index in [2.05, 4.69) is 4.98 Å². The minimum Gasteiger partial charge on any atom is -0.291 e. The fourth-order valence-corrected chi connectivity index (χ4v) is 2.64. The van der Waals surface area contributed by atoms with E-state index in [4.69, 9.17) is 0 Å². The first-order valence-electron chi connectivity index (χ1n) is 6.42. The third-order valence-electron chi connectivity index (χ3n) is 3.20. The number of hydrogen-bond donors (Lipinski definition) is 0. The fraction of sp³-hybridized carbons (Fsp3) is 0.333. The van der Waals surface area contributed by atoms with Crippen molar-refractivity contribution in [2.75, 3.05) is 11.9 Å². The summed E-state index contributed by atoms with van der Waals surface area (Å²) in [5, 5.41) is 0.754. The van der Waals surface area contributed by atoms with Gasteiger partial charge in [0.25, 0.3) is 0 Å². The molecule has 4 heteroatoms. The lowest BCUT2D eigenvalue weighted by atomic mass is 10.1. The van der Waals surface area contributed by atoms with Crippen molar-refractivity contribution >= 4 is 22.4 Å². The molecule has 1 unspecified atom stereocenters. The molecule has 19 heavy (non-hydrogen) atoms. The predicted molar refractivity (Wildman–Crippen MR) is 80.4 cm³/mol. The van der Waals surface area contributed by atoms with E-state index in [9.17, 15) is 4.79 Å². The van der Waals surface area contributed by atoms with Crippen molar-refractivity contribution < 1.29 is 4.79 Å². The first-order valence-corrected chi connectivity index (χ1v) is 7.24. The molecule has 2 aromatic rings. The van der Waals surface area contributed by atoms with E-state index in [1.165, 1.54) is 0 Å². The maximum atomic E-state index is 12.1. The van der Waals surface area contributed by atoms with Gasteiger partial charge in [0, 0.05) is 19.2 Å². The zero-order valence-electron chi connectivity index (χ0n) is 11.5. The molecule has 0 aliphatic carbocycles.